The zero-order valence-corrected chi connectivity index (χ0v) is 9.37. The van der Waals surface area contributed by atoms with Crippen LogP contribution >= 0.6 is 12.4 Å². The van der Waals surface area contributed by atoms with Gasteiger partial charge >= 0.3 is 62.6 Å². The molecule has 0 unspecified atom stereocenters. The Morgan fingerprint density at radius 2 is 1.43 bits per heavy atom. The van der Waals surface area contributed by atoms with Crippen molar-refractivity contribution in [3.8, 4) is 0 Å². The third kappa shape index (κ3) is 92.5. The van der Waals surface area contributed by atoms with E-state index in [0.717, 1.165) is 0 Å². The van der Waals surface area contributed by atoms with Crippen molar-refractivity contribution in [2.24, 2.45) is 0 Å². The summed E-state index contributed by atoms with van der Waals surface area (Å²) in [6.07, 6.45) is 0. The van der Waals surface area contributed by atoms with Gasteiger partial charge in [0.2, 0.25) is 0 Å². The van der Waals surface area contributed by atoms with Crippen LogP contribution in [0, 0.1) is 0 Å². The third-order valence-corrected chi connectivity index (χ3v) is 0. The summed E-state index contributed by atoms with van der Waals surface area (Å²) in [6.45, 7) is 0. The predicted molar refractivity (Wildman–Crippen MR) is 25.4 cm³/mol. The number of hydrogen-bond acceptors (Lipinski definition) is 2. The molecule has 0 rings (SSSR count). The molecular weight excluding hydrogens is 189 g/mol. The Balaban J connectivity index is -0.0000000800. The Bertz CT molecular complexity index is 61.8. The second kappa shape index (κ2) is 5.74. The SMILES string of the molecule is C[As](C)(=O)[O-].Cl.[Na+]. The van der Waals surface area contributed by atoms with Gasteiger partial charge in [0, 0.05) is 0 Å². The average molecular weight is 196 g/mol. The molecular formula is C2H7AsClNaO2. The molecule has 0 aromatic carbocycles. The average Bonchev–Trinajstić information content (AvgIpc) is 0.722. The van der Waals surface area contributed by atoms with Crippen molar-refractivity contribution in [1.29, 1.82) is 0 Å². The summed E-state index contributed by atoms with van der Waals surface area (Å²) in [5.41, 5.74) is 2.50. The van der Waals surface area contributed by atoms with Gasteiger partial charge in [0.25, 0.3) is 0 Å². The molecule has 2 nitrogen and oxygen atoms in total. The quantitative estimate of drug-likeness (QED) is 0.385. The second-order valence-electron chi connectivity index (χ2n) is 1.25. The van der Waals surface area contributed by atoms with Gasteiger partial charge in [-0.25, -0.2) is 0 Å². The molecule has 0 spiro atoms. The molecule has 0 N–H and O–H groups in total. The second-order valence-corrected chi connectivity index (χ2v) is 6.51. The van der Waals surface area contributed by atoms with Crippen molar-refractivity contribution in [1.82, 2.24) is 0 Å². The van der Waals surface area contributed by atoms with E-state index in [1.807, 2.05) is 0 Å². The molecule has 0 bridgehead atoms. The van der Waals surface area contributed by atoms with E-state index in [1.54, 1.807) is 0 Å². The minimum Gasteiger partial charge on any atom is -0.147 e. The molecule has 40 valence electrons. The fourth-order valence-electron chi connectivity index (χ4n) is 0. The van der Waals surface area contributed by atoms with Crippen LogP contribution in [0.3, 0.4) is 0 Å². The molecule has 7 heavy (non-hydrogen) atoms. The zero-order valence-electron chi connectivity index (χ0n) is 4.67. The fraction of sp³-hybridized carbons (Fsp3) is 1.00. The maximum Gasteiger partial charge on any atom is 1.00 e. The van der Waals surface area contributed by atoms with Crippen LogP contribution in [0.2, 0.25) is 11.4 Å². The van der Waals surface area contributed by atoms with Gasteiger partial charge < -0.3 is 0 Å². The standard InChI is InChI=1S/C2H7AsO2.ClH.Na/c1-3(2,4)5;;/h1-2H3,(H,4,5);1H;/q;;+1/p-1. The summed E-state index contributed by atoms with van der Waals surface area (Å²) >= 11 is -3.38. The molecule has 0 amide bonds. The van der Waals surface area contributed by atoms with Gasteiger partial charge in [-0.2, -0.15) is 0 Å². The van der Waals surface area contributed by atoms with Crippen molar-refractivity contribution in [2.75, 3.05) is 0 Å². The Kier molecular flexibility index (Phi) is 13.0. The molecule has 0 aromatic heterocycles. The van der Waals surface area contributed by atoms with Crippen molar-refractivity contribution >= 4 is 26.2 Å². The number of halogens is 1. The summed E-state index contributed by atoms with van der Waals surface area (Å²) in [5, 5.41) is 0. The zero-order chi connectivity index (χ0) is 4.50. The van der Waals surface area contributed by atoms with Gasteiger partial charge in [0.05, 0.1) is 0 Å². The first-order valence-electron chi connectivity index (χ1n) is 1.26. The van der Waals surface area contributed by atoms with Crippen molar-refractivity contribution in [2.45, 2.75) is 11.4 Å². The van der Waals surface area contributed by atoms with Gasteiger partial charge in [-0.15, -0.1) is 12.4 Å². The van der Waals surface area contributed by atoms with Crippen LogP contribution < -0.4 is 33.7 Å². The maximum absolute atomic E-state index is 9.72. The summed E-state index contributed by atoms with van der Waals surface area (Å²) in [4.78, 5) is 0. The van der Waals surface area contributed by atoms with Crippen LogP contribution in [-0.4, -0.2) is 13.8 Å². The van der Waals surface area contributed by atoms with E-state index in [-0.39, 0.29) is 42.0 Å². The van der Waals surface area contributed by atoms with Gasteiger partial charge in [-0.05, 0) is 0 Å². The van der Waals surface area contributed by atoms with Crippen LogP contribution in [0.1, 0.15) is 0 Å². The van der Waals surface area contributed by atoms with Gasteiger partial charge in [0.1, 0.15) is 0 Å². The van der Waals surface area contributed by atoms with E-state index in [0.29, 0.717) is 0 Å². The Hall–Kier alpha value is 1.61. The van der Waals surface area contributed by atoms with Gasteiger partial charge in [0.15, 0.2) is 0 Å². The van der Waals surface area contributed by atoms with E-state index in [1.165, 1.54) is 11.4 Å². The molecule has 0 aliphatic carbocycles. The monoisotopic (exact) mass is 196 g/mol. The van der Waals surface area contributed by atoms with Crippen molar-refractivity contribution in [3.05, 3.63) is 0 Å². The largest absolute Gasteiger partial charge is 1.00 e. The van der Waals surface area contributed by atoms with Crippen LogP contribution in [0.25, 0.3) is 0 Å². The molecule has 0 aromatic rings. The first-order chi connectivity index (χ1) is 2.00. The minimum atomic E-state index is -3.38. The first kappa shape index (κ1) is 15.8. The Morgan fingerprint density at radius 3 is 1.43 bits per heavy atom. The molecule has 0 atom stereocenters. The molecule has 0 aliphatic heterocycles. The van der Waals surface area contributed by atoms with E-state index < -0.39 is 13.8 Å². The van der Waals surface area contributed by atoms with Gasteiger partial charge in [-0.3, -0.25) is 0 Å². The third-order valence-electron chi connectivity index (χ3n) is 0. The minimum absolute atomic E-state index is 0. The van der Waals surface area contributed by atoms with Crippen LogP contribution in [0.5, 0.6) is 0 Å². The molecule has 0 radical (unpaired) electrons. The summed E-state index contributed by atoms with van der Waals surface area (Å²) in [7, 11) is 0. The van der Waals surface area contributed by atoms with Crippen LogP contribution in [0.15, 0.2) is 0 Å². The molecule has 0 saturated carbocycles. The number of hydrogen-bond donors (Lipinski definition) is 0. The Morgan fingerprint density at radius 1 is 1.43 bits per heavy atom. The van der Waals surface area contributed by atoms with E-state index in [4.69, 9.17) is 0 Å². The molecule has 0 fully saturated rings. The van der Waals surface area contributed by atoms with Gasteiger partial charge in [-0.1, -0.05) is 0 Å². The summed E-state index contributed by atoms with van der Waals surface area (Å²) in [5.74, 6) is 0. The predicted octanol–water partition coefficient (Wildman–Crippen LogP) is -3.10. The van der Waals surface area contributed by atoms with E-state index in [2.05, 4.69) is 0 Å². The normalized spacial score (nSPS) is 8.43. The number of rotatable bonds is 0. The molecule has 0 heterocycles. The van der Waals surface area contributed by atoms with E-state index >= 15 is 0 Å². The van der Waals surface area contributed by atoms with Crippen molar-refractivity contribution in [3.63, 3.8) is 0 Å². The van der Waals surface area contributed by atoms with Crippen LogP contribution in [0.4, 0.5) is 0 Å². The Labute approximate surface area is 74.4 Å². The molecule has 0 saturated heterocycles. The first-order valence-corrected chi connectivity index (χ1v) is 6.54. The topological polar surface area (TPSA) is 40.1 Å². The summed E-state index contributed by atoms with van der Waals surface area (Å²) in [6, 6.07) is 0. The van der Waals surface area contributed by atoms with Crippen molar-refractivity contribution < 1.29 is 37.4 Å². The molecule has 0 aliphatic rings. The van der Waals surface area contributed by atoms with Crippen LogP contribution in [-0.2, 0) is 3.74 Å². The fourth-order valence-corrected chi connectivity index (χ4v) is 0. The smallest absolute Gasteiger partial charge is 0.147 e. The molecule has 5 heteroatoms. The summed E-state index contributed by atoms with van der Waals surface area (Å²) < 4.78 is 19.4. The maximum atomic E-state index is 9.72. The van der Waals surface area contributed by atoms with E-state index in [9.17, 15) is 7.84 Å².